The summed E-state index contributed by atoms with van der Waals surface area (Å²) in [6, 6.07) is -6.54. The second kappa shape index (κ2) is 16.2. The molecule has 0 rings (SSSR count). The summed E-state index contributed by atoms with van der Waals surface area (Å²) in [4.78, 5) is 85.5. The van der Waals surface area contributed by atoms with E-state index in [1.807, 2.05) is 5.32 Å². The number of carboxylic acid groups (broad SMARTS) is 4. The number of nitrogens with two attached hydrogens (primary N) is 3. The zero-order valence-corrected chi connectivity index (χ0v) is 19.6. The van der Waals surface area contributed by atoms with Gasteiger partial charge in [-0.1, -0.05) is 0 Å². The molecule has 0 fully saturated rings. The molecular formula is C19H31N7O11. The van der Waals surface area contributed by atoms with Gasteiger partial charge in [0.05, 0.1) is 18.9 Å². The summed E-state index contributed by atoms with van der Waals surface area (Å²) >= 11 is 0. The SMILES string of the molecule is NC(N)=NCCCC(N)C(=O)NC(CC(=O)O)C(=O)NC(CCC(=O)O)C(=O)NC(CC(=O)O)C(=O)O. The van der Waals surface area contributed by atoms with Crippen LogP contribution in [0.15, 0.2) is 4.99 Å². The molecule has 3 amide bonds. The Morgan fingerprint density at radius 1 is 0.676 bits per heavy atom. The van der Waals surface area contributed by atoms with Crippen molar-refractivity contribution in [1.82, 2.24) is 16.0 Å². The van der Waals surface area contributed by atoms with Crippen LogP contribution in [-0.4, -0.2) is 98.7 Å². The predicted octanol–water partition coefficient (Wildman–Crippen LogP) is -4.28. The molecule has 0 saturated heterocycles. The molecule has 208 valence electrons. The van der Waals surface area contributed by atoms with Crippen LogP contribution in [-0.2, 0) is 33.6 Å². The largest absolute Gasteiger partial charge is 0.481 e. The minimum absolute atomic E-state index is 0.0633. The number of aliphatic carboxylic acids is 4. The van der Waals surface area contributed by atoms with Crippen molar-refractivity contribution in [1.29, 1.82) is 0 Å². The lowest BCUT2D eigenvalue weighted by Crippen LogP contribution is -2.57. The maximum absolute atomic E-state index is 12.7. The molecule has 0 aromatic rings. The van der Waals surface area contributed by atoms with Gasteiger partial charge in [0.15, 0.2) is 5.96 Å². The zero-order chi connectivity index (χ0) is 28.7. The van der Waals surface area contributed by atoms with Crippen LogP contribution in [0.2, 0.25) is 0 Å². The molecular weight excluding hydrogens is 502 g/mol. The van der Waals surface area contributed by atoms with Crippen LogP contribution in [0.3, 0.4) is 0 Å². The van der Waals surface area contributed by atoms with Crippen molar-refractivity contribution < 1.29 is 54.0 Å². The van der Waals surface area contributed by atoms with Gasteiger partial charge in [0.2, 0.25) is 17.7 Å². The Hall–Kier alpha value is -4.48. The first-order chi connectivity index (χ1) is 17.1. The summed E-state index contributed by atoms with van der Waals surface area (Å²) in [5, 5.41) is 42.0. The average molecular weight is 533 g/mol. The van der Waals surface area contributed by atoms with Crippen LogP contribution in [0.4, 0.5) is 0 Å². The predicted molar refractivity (Wildman–Crippen MR) is 123 cm³/mol. The van der Waals surface area contributed by atoms with Gasteiger partial charge in [0.25, 0.3) is 0 Å². The number of guanidine groups is 1. The minimum atomic E-state index is -1.90. The van der Waals surface area contributed by atoms with E-state index in [2.05, 4.69) is 15.6 Å². The quantitative estimate of drug-likeness (QED) is 0.0453. The standard InChI is InChI=1S/C19H31N7O11/c20-8(2-1-5-23-19(21)22)15(33)25-10(6-13(29)30)17(35)24-9(3-4-12(27)28)16(34)26-11(18(36)37)7-14(31)32/h8-11H,1-7,20H2,(H,24,35)(H,25,33)(H,26,34)(H,27,28)(H,29,30)(H,31,32)(H,36,37)(H4,21,22,23). The number of carboxylic acids is 4. The molecule has 37 heavy (non-hydrogen) atoms. The van der Waals surface area contributed by atoms with Gasteiger partial charge in [-0.15, -0.1) is 0 Å². The fourth-order valence-electron chi connectivity index (χ4n) is 2.77. The van der Waals surface area contributed by atoms with E-state index in [0.29, 0.717) is 0 Å². The van der Waals surface area contributed by atoms with Gasteiger partial charge in [-0.2, -0.15) is 0 Å². The number of carbonyl (C=O) groups excluding carboxylic acids is 3. The Bertz CT molecular complexity index is 905. The van der Waals surface area contributed by atoms with Crippen molar-refractivity contribution in [3.05, 3.63) is 0 Å². The van der Waals surface area contributed by atoms with Crippen LogP contribution in [0, 0.1) is 0 Å². The molecule has 0 aliphatic rings. The van der Waals surface area contributed by atoms with Gasteiger partial charge in [-0.05, 0) is 19.3 Å². The summed E-state index contributed by atoms with van der Waals surface area (Å²) in [6.07, 6.45) is -2.85. The third kappa shape index (κ3) is 14.5. The smallest absolute Gasteiger partial charge is 0.326 e. The average Bonchev–Trinajstić information content (AvgIpc) is 2.76. The van der Waals surface area contributed by atoms with Gasteiger partial charge in [0.1, 0.15) is 18.1 Å². The first-order valence-corrected chi connectivity index (χ1v) is 10.7. The van der Waals surface area contributed by atoms with Gasteiger partial charge in [-0.25, -0.2) is 4.79 Å². The summed E-state index contributed by atoms with van der Waals surface area (Å²) in [7, 11) is 0. The van der Waals surface area contributed by atoms with Crippen LogP contribution >= 0.6 is 0 Å². The molecule has 18 heteroatoms. The number of hydrogen-bond donors (Lipinski definition) is 10. The van der Waals surface area contributed by atoms with E-state index in [0.717, 1.165) is 0 Å². The third-order valence-corrected chi connectivity index (χ3v) is 4.59. The first kappa shape index (κ1) is 32.5. The highest BCUT2D eigenvalue weighted by Gasteiger charge is 2.32. The lowest BCUT2D eigenvalue weighted by Gasteiger charge is -2.24. The highest BCUT2D eigenvalue weighted by molar-refractivity contribution is 5.96. The van der Waals surface area contributed by atoms with Crippen LogP contribution in [0.1, 0.15) is 38.5 Å². The molecule has 0 radical (unpaired) electrons. The van der Waals surface area contributed by atoms with E-state index < -0.39 is 91.4 Å². The third-order valence-electron chi connectivity index (χ3n) is 4.59. The van der Waals surface area contributed by atoms with Gasteiger partial charge in [-0.3, -0.25) is 33.8 Å². The molecule has 0 aliphatic heterocycles. The van der Waals surface area contributed by atoms with Gasteiger partial charge in [0, 0.05) is 13.0 Å². The highest BCUT2D eigenvalue weighted by atomic mass is 16.4. The summed E-state index contributed by atoms with van der Waals surface area (Å²) in [5.41, 5.74) is 16.1. The van der Waals surface area contributed by atoms with E-state index in [1.54, 1.807) is 0 Å². The van der Waals surface area contributed by atoms with Crippen LogP contribution < -0.4 is 33.2 Å². The summed E-state index contributed by atoms with van der Waals surface area (Å²) in [5.74, 6) is -9.68. The Morgan fingerprint density at radius 2 is 1.16 bits per heavy atom. The molecule has 0 bridgehead atoms. The Kier molecular flexibility index (Phi) is 14.3. The monoisotopic (exact) mass is 533 g/mol. The van der Waals surface area contributed by atoms with Crippen LogP contribution in [0.5, 0.6) is 0 Å². The first-order valence-electron chi connectivity index (χ1n) is 10.7. The van der Waals surface area contributed by atoms with Crippen molar-refractivity contribution in [3.8, 4) is 0 Å². The molecule has 0 spiro atoms. The fourth-order valence-corrected chi connectivity index (χ4v) is 2.77. The normalized spacial score (nSPS) is 13.6. The maximum Gasteiger partial charge on any atom is 0.326 e. The molecule has 18 nitrogen and oxygen atoms in total. The lowest BCUT2D eigenvalue weighted by molar-refractivity contribution is -0.147. The Morgan fingerprint density at radius 3 is 1.65 bits per heavy atom. The number of nitrogens with zero attached hydrogens (tertiary/aromatic N) is 1. The number of amides is 3. The second-order valence-corrected chi connectivity index (χ2v) is 7.71. The van der Waals surface area contributed by atoms with Crippen molar-refractivity contribution in [3.63, 3.8) is 0 Å². The molecule has 0 aromatic heterocycles. The van der Waals surface area contributed by atoms with Crippen molar-refractivity contribution in [2.45, 2.75) is 62.7 Å². The summed E-state index contributed by atoms with van der Waals surface area (Å²) < 4.78 is 0. The second-order valence-electron chi connectivity index (χ2n) is 7.71. The molecule has 0 heterocycles. The summed E-state index contributed by atoms with van der Waals surface area (Å²) in [6.45, 7) is 0.155. The highest BCUT2D eigenvalue weighted by Crippen LogP contribution is 2.04. The molecule has 4 unspecified atom stereocenters. The van der Waals surface area contributed by atoms with Crippen LogP contribution in [0.25, 0.3) is 0 Å². The number of nitrogens with one attached hydrogen (secondary N) is 3. The van der Waals surface area contributed by atoms with Crippen molar-refractivity contribution in [2.75, 3.05) is 6.54 Å². The van der Waals surface area contributed by atoms with E-state index in [4.69, 9.17) is 37.6 Å². The van der Waals surface area contributed by atoms with E-state index in [9.17, 15) is 33.6 Å². The molecule has 0 aliphatic carbocycles. The minimum Gasteiger partial charge on any atom is -0.481 e. The molecule has 4 atom stereocenters. The fraction of sp³-hybridized carbons (Fsp3) is 0.579. The number of rotatable bonds is 18. The van der Waals surface area contributed by atoms with Gasteiger partial charge >= 0.3 is 23.9 Å². The maximum atomic E-state index is 12.7. The molecule has 0 aromatic carbocycles. The Labute approximate surface area is 209 Å². The topological polar surface area (TPSA) is 327 Å². The number of hydrogen-bond acceptors (Lipinski definition) is 9. The van der Waals surface area contributed by atoms with Crippen molar-refractivity contribution >= 4 is 47.6 Å². The van der Waals surface area contributed by atoms with Crippen molar-refractivity contribution in [2.24, 2.45) is 22.2 Å². The molecule has 13 N–H and O–H groups in total. The number of carbonyl (C=O) groups is 7. The van der Waals surface area contributed by atoms with E-state index in [1.165, 1.54) is 0 Å². The number of aliphatic imine (C=N–C) groups is 1. The zero-order valence-electron chi connectivity index (χ0n) is 19.6. The Balaban J connectivity index is 5.52. The lowest BCUT2D eigenvalue weighted by atomic mass is 10.1. The van der Waals surface area contributed by atoms with Gasteiger partial charge < -0.3 is 53.6 Å². The van der Waals surface area contributed by atoms with E-state index in [-0.39, 0.29) is 25.3 Å². The molecule has 0 saturated carbocycles. The van der Waals surface area contributed by atoms with E-state index >= 15 is 0 Å².